The van der Waals surface area contributed by atoms with Crippen LogP contribution in [-0.4, -0.2) is 48.9 Å². The Hall–Kier alpha value is -0.530. The van der Waals surface area contributed by atoms with Gasteiger partial charge in [0.1, 0.15) is 5.37 Å². The fourth-order valence-corrected chi connectivity index (χ4v) is 5.34. The van der Waals surface area contributed by atoms with E-state index in [0.717, 1.165) is 15.8 Å². The molecule has 0 aliphatic carbocycles. The highest BCUT2D eigenvalue weighted by atomic mass is 79.9. The molecule has 1 amide bonds. The summed E-state index contributed by atoms with van der Waals surface area (Å²) < 4.78 is 24.6. The van der Waals surface area contributed by atoms with E-state index in [1.807, 2.05) is 13.0 Å². The summed E-state index contributed by atoms with van der Waals surface area (Å²) >= 11 is 4.97. The standard InChI is InChI=1S/C13H16BrNO3S2/c1-9-10(4-3-5-11(9)14)13(16)15-6-7-19-8-12(15)20(2,17)18/h3-5,12H,6-8H2,1-2H3. The van der Waals surface area contributed by atoms with Gasteiger partial charge in [-0.15, -0.1) is 0 Å². The Kier molecular flexibility index (Phi) is 4.81. The molecular weight excluding hydrogens is 362 g/mol. The fraction of sp³-hybridized carbons (Fsp3) is 0.462. The molecule has 1 atom stereocenters. The number of rotatable bonds is 2. The van der Waals surface area contributed by atoms with Gasteiger partial charge in [0.2, 0.25) is 0 Å². The third-order valence-electron chi connectivity index (χ3n) is 3.34. The molecule has 4 nitrogen and oxygen atoms in total. The van der Waals surface area contributed by atoms with E-state index in [2.05, 4.69) is 15.9 Å². The molecule has 0 radical (unpaired) electrons. The van der Waals surface area contributed by atoms with Gasteiger partial charge in [0.25, 0.3) is 5.91 Å². The predicted molar refractivity (Wildman–Crippen MR) is 85.9 cm³/mol. The van der Waals surface area contributed by atoms with Crippen LogP contribution in [-0.2, 0) is 9.84 Å². The SMILES string of the molecule is Cc1c(Br)cccc1C(=O)N1CCSCC1S(C)(=O)=O. The number of nitrogens with zero attached hydrogens (tertiary/aromatic N) is 1. The molecule has 0 aromatic heterocycles. The van der Waals surface area contributed by atoms with E-state index in [9.17, 15) is 13.2 Å². The number of hydrogen-bond acceptors (Lipinski definition) is 4. The molecule has 1 unspecified atom stereocenters. The fourth-order valence-electron chi connectivity index (χ4n) is 2.16. The summed E-state index contributed by atoms with van der Waals surface area (Å²) in [5, 5.41) is -0.730. The average Bonchev–Trinajstić information content (AvgIpc) is 2.40. The Morgan fingerprint density at radius 3 is 2.80 bits per heavy atom. The lowest BCUT2D eigenvalue weighted by atomic mass is 10.1. The molecule has 1 fully saturated rings. The maximum absolute atomic E-state index is 12.7. The second-order valence-corrected chi connectivity index (χ2v) is 8.98. The van der Waals surface area contributed by atoms with E-state index in [-0.39, 0.29) is 5.91 Å². The first-order valence-corrected chi connectivity index (χ1v) is 10.1. The number of sulfone groups is 1. The van der Waals surface area contributed by atoms with Crippen LogP contribution in [0.2, 0.25) is 0 Å². The summed E-state index contributed by atoms with van der Waals surface area (Å²) in [6.07, 6.45) is 1.19. The van der Waals surface area contributed by atoms with Crippen LogP contribution in [0.1, 0.15) is 15.9 Å². The summed E-state index contributed by atoms with van der Waals surface area (Å²) in [6, 6.07) is 5.40. The van der Waals surface area contributed by atoms with Crippen molar-refractivity contribution >= 4 is 43.4 Å². The largest absolute Gasteiger partial charge is 0.320 e. The van der Waals surface area contributed by atoms with Gasteiger partial charge in [-0.1, -0.05) is 22.0 Å². The lowest BCUT2D eigenvalue weighted by molar-refractivity contribution is 0.0749. The number of hydrogen-bond donors (Lipinski definition) is 0. The van der Waals surface area contributed by atoms with Crippen LogP contribution in [0.25, 0.3) is 0 Å². The average molecular weight is 378 g/mol. The Morgan fingerprint density at radius 1 is 1.45 bits per heavy atom. The lowest BCUT2D eigenvalue weighted by Crippen LogP contribution is -2.50. The maximum atomic E-state index is 12.7. The molecule has 7 heteroatoms. The van der Waals surface area contributed by atoms with E-state index in [1.54, 1.807) is 23.9 Å². The number of carbonyl (C=O) groups excluding carboxylic acids is 1. The number of amides is 1. The maximum Gasteiger partial charge on any atom is 0.255 e. The van der Waals surface area contributed by atoms with E-state index in [1.165, 1.54) is 11.2 Å². The minimum Gasteiger partial charge on any atom is -0.320 e. The second kappa shape index (κ2) is 6.07. The third-order valence-corrected chi connectivity index (χ3v) is 6.84. The minimum absolute atomic E-state index is 0.209. The van der Waals surface area contributed by atoms with Crippen molar-refractivity contribution in [2.24, 2.45) is 0 Å². The first-order valence-electron chi connectivity index (χ1n) is 6.15. The van der Waals surface area contributed by atoms with Crippen molar-refractivity contribution in [3.05, 3.63) is 33.8 Å². The summed E-state index contributed by atoms with van der Waals surface area (Å²) in [5.41, 5.74) is 1.39. The molecular formula is C13H16BrNO3S2. The van der Waals surface area contributed by atoms with Gasteiger partial charge in [0.05, 0.1) is 0 Å². The molecule has 1 aromatic rings. The Morgan fingerprint density at radius 2 is 2.15 bits per heavy atom. The monoisotopic (exact) mass is 377 g/mol. The Bertz CT molecular complexity index is 631. The number of thioether (sulfide) groups is 1. The van der Waals surface area contributed by atoms with E-state index >= 15 is 0 Å². The van der Waals surface area contributed by atoms with Gasteiger partial charge in [-0.25, -0.2) is 8.42 Å². The van der Waals surface area contributed by atoms with E-state index in [0.29, 0.717) is 17.9 Å². The zero-order valence-corrected chi connectivity index (χ0v) is 14.5. The van der Waals surface area contributed by atoms with Crippen LogP contribution < -0.4 is 0 Å². The lowest BCUT2D eigenvalue weighted by Gasteiger charge is -2.34. The first-order chi connectivity index (χ1) is 9.32. The summed E-state index contributed by atoms with van der Waals surface area (Å²) in [4.78, 5) is 14.1. The molecule has 1 aromatic carbocycles. The quantitative estimate of drug-likeness (QED) is 0.793. The Labute approximate surface area is 132 Å². The summed E-state index contributed by atoms with van der Waals surface area (Å²) in [6.45, 7) is 2.32. The normalized spacial score (nSPS) is 19.9. The Balaban J connectivity index is 2.38. The van der Waals surface area contributed by atoms with Gasteiger partial charge in [-0.3, -0.25) is 4.79 Å². The van der Waals surface area contributed by atoms with Crippen molar-refractivity contribution in [1.29, 1.82) is 0 Å². The van der Waals surface area contributed by atoms with Crippen molar-refractivity contribution < 1.29 is 13.2 Å². The van der Waals surface area contributed by atoms with E-state index < -0.39 is 15.2 Å². The smallest absolute Gasteiger partial charge is 0.255 e. The molecule has 0 N–H and O–H groups in total. The van der Waals surface area contributed by atoms with Crippen LogP contribution in [0.5, 0.6) is 0 Å². The molecule has 20 heavy (non-hydrogen) atoms. The zero-order chi connectivity index (χ0) is 14.9. The minimum atomic E-state index is -3.28. The van der Waals surface area contributed by atoms with E-state index in [4.69, 9.17) is 0 Å². The number of benzene rings is 1. The molecule has 1 saturated heterocycles. The van der Waals surface area contributed by atoms with Gasteiger partial charge < -0.3 is 4.90 Å². The number of halogens is 1. The van der Waals surface area contributed by atoms with Crippen molar-refractivity contribution in [2.75, 3.05) is 24.3 Å². The highest BCUT2D eigenvalue weighted by molar-refractivity contribution is 9.10. The van der Waals surface area contributed by atoms with Crippen molar-refractivity contribution in [2.45, 2.75) is 12.3 Å². The highest BCUT2D eigenvalue weighted by Crippen LogP contribution is 2.25. The molecule has 1 aliphatic rings. The predicted octanol–water partition coefficient (Wildman–Crippen LogP) is 2.32. The molecule has 110 valence electrons. The van der Waals surface area contributed by atoms with Crippen molar-refractivity contribution in [3.63, 3.8) is 0 Å². The van der Waals surface area contributed by atoms with Gasteiger partial charge >= 0.3 is 0 Å². The first kappa shape index (κ1) is 15.9. The zero-order valence-electron chi connectivity index (χ0n) is 11.3. The molecule has 1 aliphatic heterocycles. The second-order valence-electron chi connectivity index (χ2n) is 4.77. The molecule has 0 spiro atoms. The van der Waals surface area contributed by atoms with Gasteiger partial charge in [-0.05, 0) is 24.6 Å². The third kappa shape index (κ3) is 3.20. The van der Waals surface area contributed by atoms with Crippen molar-refractivity contribution in [3.8, 4) is 0 Å². The summed E-state index contributed by atoms with van der Waals surface area (Å²) in [7, 11) is -3.28. The number of carbonyl (C=O) groups is 1. The van der Waals surface area contributed by atoms with Crippen LogP contribution in [0.3, 0.4) is 0 Å². The van der Waals surface area contributed by atoms with Gasteiger partial charge in [-0.2, -0.15) is 11.8 Å². The van der Waals surface area contributed by atoms with Gasteiger partial charge in [0, 0.05) is 34.3 Å². The molecule has 0 saturated carbocycles. The molecule has 2 rings (SSSR count). The topological polar surface area (TPSA) is 54.5 Å². The van der Waals surface area contributed by atoms with Crippen LogP contribution in [0.15, 0.2) is 22.7 Å². The van der Waals surface area contributed by atoms with Crippen molar-refractivity contribution in [1.82, 2.24) is 4.90 Å². The van der Waals surface area contributed by atoms with Crippen LogP contribution in [0.4, 0.5) is 0 Å². The highest BCUT2D eigenvalue weighted by Gasteiger charge is 2.35. The summed E-state index contributed by atoms with van der Waals surface area (Å²) in [5.74, 6) is 1.00. The molecule has 1 heterocycles. The van der Waals surface area contributed by atoms with Gasteiger partial charge in [0.15, 0.2) is 9.84 Å². The van der Waals surface area contributed by atoms with Crippen LogP contribution >= 0.6 is 27.7 Å². The molecule has 0 bridgehead atoms. The van der Waals surface area contributed by atoms with Crippen LogP contribution in [0, 0.1) is 6.92 Å².